The van der Waals surface area contributed by atoms with Crippen LogP contribution in [0.2, 0.25) is 0 Å². The molecule has 1 aliphatic rings. The highest BCUT2D eigenvalue weighted by Gasteiger charge is 2.26. The minimum absolute atomic E-state index is 0.414. The minimum atomic E-state index is -0.428. The normalized spacial score (nSPS) is 21.1. The Bertz CT molecular complexity index is 636. The monoisotopic (exact) mass is 329 g/mol. The van der Waals surface area contributed by atoms with Crippen molar-refractivity contribution >= 4 is 0 Å². The van der Waals surface area contributed by atoms with Gasteiger partial charge >= 0.3 is 0 Å². The fourth-order valence-electron chi connectivity index (χ4n) is 3.44. The zero-order valence-corrected chi connectivity index (χ0v) is 14.8. The van der Waals surface area contributed by atoms with E-state index in [4.69, 9.17) is 4.52 Å². The van der Waals surface area contributed by atoms with Crippen LogP contribution in [0, 0.1) is 13.8 Å². The molecule has 1 aromatic carbocycles. The third kappa shape index (κ3) is 3.86. The number of nitrogens with zero attached hydrogens (tertiary/aromatic N) is 3. The molecular weight excluding hydrogens is 302 g/mol. The van der Waals surface area contributed by atoms with E-state index in [0.717, 1.165) is 43.2 Å². The largest absolute Gasteiger partial charge is 0.387 e. The first-order valence-corrected chi connectivity index (χ1v) is 8.65. The highest BCUT2D eigenvalue weighted by Crippen LogP contribution is 2.20. The number of aliphatic hydroxyl groups is 1. The van der Waals surface area contributed by atoms with Crippen molar-refractivity contribution in [2.75, 3.05) is 26.2 Å². The fraction of sp³-hybridized carbons (Fsp3) is 0.526. The van der Waals surface area contributed by atoms with Gasteiger partial charge in [-0.25, -0.2) is 0 Å². The van der Waals surface area contributed by atoms with Crippen molar-refractivity contribution in [3.8, 4) is 0 Å². The van der Waals surface area contributed by atoms with Gasteiger partial charge in [-0.15, -0.1) is 0 Å². The summed E-state index contributed by atoms with van der Waals surface area (Å²) in [5.41, 5.74) is 3.19. The van der Waals surface area contributed by atoms with Crippen molar-refractivity contribution in [1.29, 1.82) is 0 Å². The molecule has 1 fully saturated rings. The molecule has 2 unspecified atom stereocenters. The number of hydrogen-bond donors (Lipinski definition) is 1. The molecule has 3 rings (SSSR count). The summed E-state index contributed by atoms with van der Waals surface area (Å²) in [5.74, 6) is 0.919. The first-order chi connectivity index (χ1) is 11.5. The molecule has 130 valence electrons. The van der Waals surface area contributed by atoms with Gasteiger partial charge in [-0.05, 0) is 26.3 Å². The number of aromatic nitrogens is 1. The van der Waals surface area contributed by atoms with Gasteiger partial charge < -0.3 is 9.63 Å². The average molecular weight is 329 g/mol. The standard InChI is InChI=1S/C19H27N3O2/c1-14-11-21(12-18-15(2)20-24-16(18)3)9-10-22(14)13-19(23)17-7-5-4-6-8-17/h4-8,14,19,23H,9-13H2,1-3H3. The van der Waals surface area contributed by atoms with Crippen molar-refractivity contribution in [2.24, 2.45) is 0 Å². The molecule has 0 aliphatic carbocycles. The van der Waals surface area contributed by atoms with Crippen LogP contribution in [0.25, 0.3) is 0 Å². The predicted octanol–water partition coefficient (Wildman–Crippen LogP) is 2.53. The lowest BCUT2D eigenvalue weighted by Gasteiger charge is -2.40. The maximum Gasteiger partial charge on any atom is 0.138 e. The third-order valence-electron chi connectivity index (χ3n) is 5.00. The highest BCUT2D eigenvalue weighted by molar-refractivity contribution is 5.21. The van der Waals surface area contributed by atoms with E-state index in [1.54, 1.807) is 0 Å². The lowest BCUT2D eigenvalue weighted by atomic mass is 10.1. The SMILES string of the molecule is Cc1noc(C)c1CN1CCN(CC(O)c2ccccc2)C(C)C1. The van der Waals surface area contributed by atoms with Gasteiger partial charge in [0, 0.05) is 44.3 Å². The Morgan fingerprint density at radius 1 is 1.25 bits per heavy atom. The van der Waals surface area contributed by atoms with Crippen molar-refractivity contribution in [3.63, 3.8) is 0 Å². The van der Waals surface area contributed by atoms with Gasteiger partial charge in [-0.1, -0.05) is 35.5 Å². The van der Waals surface area contributed by atoms with E-state index in [9.17, 15) is 5.11 Å². The Hall–Kier alpha value is -1.69. The number of piperazine rings is 1. The molecule has 1 aliphatic heterocycles. The maximum atomic E-state index is 10.5. The number of rotatable bonds is 5. The van der Waals surface area contributed by atoms with Gasteiger partial charge in [0.25, 0.3) is 0 Å². The second-order valence-corrected chi connectivity index (χ2v) is 6.81. The summed E-state index contributed by atoms with van der Waals surface area (Å²) in [6.45, 7) is 10.7. The van der Waals surface area contributed by atoms with Gasteiger partial charge in [-0.3, -0.25) is 9.80 Å². The first-order valence-electron chi connectivity index (χ1n) is 8.65. The van der Waals surface area contributed by atoms with Crippen LogP contribution in [0.3, 0.4) is 0 Å². The van der Waals surface area contributed by atoms with Gasteiger partial charge in [0.2, 0.25) is 0 Å². The van der Waals surface area contributed by atoms with Crippen LogP contribution >= 0.6 is 0 Å². The predicted molar refractivity (Wildman–Crippen MR) is 93.7 cm³/mol. The second kappa shape index (κ2) is 7.47. The van der Waals surface area contributed by atoms with Crippen molar-refractivity contribution in [3.05, 3.63) is 52.9 Å². The van der Waals surface area contributed by atoms with E-state index in [2.05, 4.69) is 21.9 Å². The van der Waals surface area contributed by atoms with E-state index in [1.165, 1.54) is 5.56 Å². The van der Waals surface area contributed by atoms with Crippen LogP contribution in [0.15, 0.2) is 34.9 Å². The quantitative estimate of drug-likeness (QED) is 0.913. The Labute approximate surface area is 143 Å². The van der Waals surface area contributed by atoms with E-state index >= 15 is 0 Å². The van der Waals surface area contributed by atoms with Crippen LogP contribution in [0.1, 0.15) is 35.6 Å². The first kappa shape index (κ1) is 17.1. The molecule has 5 nitrogen and oxygen atoms in total. The molecule has 5 heteroatoms. The molecule has 2 heterocycles. The molecule has 0 spiro atoms. The van der Waals surface area contributed by atoms with Crippen LogP contribution < -0.4 is 0 Å². The average Bonchev–Trinajstić information content (AvgIpc) is 2.90. The van der Waals surface area contributed by atoms with E-state index in [-0.39, 0.29) is 0 Å². The van der Waals surface area contributed by atoms with E-state index in [0.29, 0.717) is 12.6 Å². The van der Waals surface area contributed by atoms with Crippen LogP contribution in [0.4, 0.5) is 0 Å². The topological polar surface area (TPSA) is 52.7 Å². The number of aliphatic hydroxyl groups excluding tert-OH is 1. The summed E-state index contributed by atoms with van der Waals surface area (Å²) >= 11 is 0. The Morgan fingerprint density at radius 2 is 2.00 bits per heavy atom. The second-order valence-electron chi connectivity index (χ2n) is 6.81. The van der Waals surface area contributed by atoms with Crippen LogP contribution in [-0.4, -0.2) is 52.3 Å². The molecule has 0 saturated carbocycles. The Morgan fingerprint density at radius 3 is 2.62 bits per heavy atom. The molecule has 1 aromatic heterocycles. The molecule has 1 saturated heterocycles. The number of β-amino-alcohol motifs (C(OH)–C–C–N with tert-alkyl or cyclic N) is 1. The van der Waals surface area contributed by atoms with Gasteiger partial charge in [-0.2, -0.15) is 0 Å². The summed E-state index contributed by atoms with van der Waals surface area (Å²) in [6, 6.07) is 10.3. The third-order valence-corrected chi connectivity index (χ3v) is 5.00. The lowest BCUT2D eigenvalue weighted by Crippen LogP contribution is -2.52. The Kier molecular flexibility index (Phi) is 5.33. The summed E-state index contributed by atoms with van der Waals surface area (Å²) < 4.78 is 5.27. The lowest BCUT2D eigenvalue weighted by molar-refractivity contribution is 0.0360. The molecular formula is C19H27N3O2. The number of benzene rings is 1. The van der Waals surface area contributed by atoms with Crippen LogP contribution in [0.5, 0.6) is 0 Å². The molecule has 0 radical (unpaired) electrons. The van der Waals surface area contributed by atoms with Crippen molar-refractivity contribution < 1.29 is 9.63 Å². The molecule has 2 aromatic rings. The summed E-state index contributed by atoms with van der Waals surface area (Å²) in [7, 11) is 0. The smallest absolute Gasteiger partial charge is 0.138 e. The molecule has 2 atom stereocenters. The van der Waals surface area contributed by atoms with Gasteiger partial charge in [0.05, 0.1) is 11.8 Å². The number of hydrogen-bond acceptors (Lipinski definition) is 5. The summed E-state index contributed by atoms with van der Waals surface area (Å²) in [5, 5.41) is 14.5. The molecule has 24 heavy (non-hydrogen) atoms. The highest BCUT2D eigenvalue weighted by atomic mass is 16.5. The van der Waals surface area contributed by atoms with Crippen molar-refractivity contribution in [1.82, 2.24) is 15.0 Å². The number of aryl methyl sites for hydroxylation is 2. The van der Waals surface area contributed by atoms with E-state index in [1.807, 2.05) is 44.2 Å². The fourth-order valence-corrected chi connectivity index (χ4v) is 3.44. The van der Waals surface area contributed by atoms with Crippen molar-refractivity contribution in [2.45, 2.75) is 39.5 Å². The summed E-state index contributed by atoms with van der Waals surface area (Å²) in [4.78, 5) is 4.82. The zero-order chi connectivity index (χ0) is 17.1. The van der Waals surface area contributed by atoms with Gasteiger partial charge in [0.15, 0.2) is 0 Å². The van der Waals surface area contributed by atoms with Gasteiger partial charge in [0.1, 0.15) is 5.76 Å². The molecule has 1 N–H and O–H groups in total. The Balaban J connectivity index is 1.55. The minimum Gasteiger partial charge on any atom is -0.387 e. The van der Waals surface area contributed by atoms with E-state index < -0.39 is 6.10 Å². The van der Waals surface area contributed by atoms with Crippen LogP contribution in [-0.2, 0) is 6.54 Å². The summed E-state index contributed by atoms with van der Waals surface area (Å²) in [6.07, 6.45) is -0.428. The molecule has 0 amide bonds. The molecule has 0 bridgehead atoms. The maximum absolute atomic E-state index is 10.5. The zero-order valence-electron chi connectivity index (χ0n) is 14.8.